The van der Waals surface area contributed by atoms with E-state index in [4.69, 9.17) is 22.1 Å². The normalized spacial score (nSPS) is 13.7. The van der Waals surface area contributed by atoms with Crippen molar-refractivity contribution >= 4 is 11.6 Å². The van der Waals surface area contributed by atoms with Crippen molar-refractivity contribution in [1.29, 1.82) is 0 Å². The van der Waals surface area contributed by atoms with Gasteiger partial charge in [-0.15, -0.1) is 0 Å². The predicted octanol–water partition coefficient (Wildman–Crippen LogP) is 3.23. The molecule has 0 aromatic heterocycles. The molecule has 2 N–H and O–H groups in total. The summed E-state index contributed by atoms with van der Waals surface area (Å²) in [5.74, 6) is 0.713. The predicted molar refractivity (Wildman–Crippen MR) is 64.4 cm³/mol. The highest BCUT2D eigenvalue weighted by atomic mass is 35.5. The van der Waals surface area contributed by atoms with Crippen molar-refractivity contribution in [2.24, 2.45) is 5.73 Å². The van der Waals surface area contributed by atoms with Gasteiger partial charge in [-0.2, -0.15) is 0 Å². The van der Waals surface area contributed by atoms with Gasteiger partial charge in [-0.1, -0.05) is 23.7 Å². The lowest BCUT2D eigenvalue weighted by Crippen LogP contribution is -2.35. The van der Waals surface area contributed by atoms with E-state index < -0.39 is 0 Å². The molecule has 84 valence electrons. The van der Waals surface area contributed by atoms with Crippen LogP contribution in [0.5, 0.6) is 5.75 Å². The lowest BCUT2D eigenvalue weighted by atomic mass is 10.0. The van der Waals surface area contributed by atoms with E-state index in [1.807, 2.05) is 45.0 Å². The van der Waals surface area contributed by atoms with E-state index in [-0.39, 0.29) is 11.6 Å². The minimum atomic E-state index is -0.292. The van der Waals surface area contributed by atoms with Gasteiger partial charge in [-0.05, 0) is 32.9 Å². The van der Waals surface area contributed by atoms with Crippen LogP contribution in [0.15, 0.2) is 24.3 Å². The molecule has 1 atom stereocenters. The maximum Gasteiger partial charge on any atom is 0.138 e. The van der Waals surface area contributed by atoms with Crippen molar-refractivity contribution in [2.75, 3.05) is 0 Å². The third kappa shape index (κ3) is 4.10. The van der Waals surface area contributed by atoms with Gasteiger partial charge in [0, 0.05) is 12.5 Å². The first-order valence-electron chi connectivity index (χ1n) is 5.10. The van der Waals surface area contributed by atoms with Crippen molar-refractivity contribution in [3.8, 4) is 5.75 Å². The Morgan fingerprint density at radius 1 is 1.40 bits per heavy atom. The highest BCUT2D eigenvalue weighted by molar-refractivity contribution is 6.32. The fourth-order valence-corrected chi connectivity index (χ4v) is 1.82. The number of nitrogens with two attached hydrogens (primary N) is 1. The molecule has 0 saturated heterocycles. The van der Waals surface area contributed by atoms with Gasteiger partial charge in [-0.25, -0.2) is 0 Å². The number of para-hydroxylation sites is 1. The minimum absolute atomic E-state index is 0.113. The zero-order chi connectivity index (χ0) is 11.5. The van der Waals surface area contributed by atoms with Gasteiger partial charge in [0.1, 0.15) is 11.4 Å². The number of hydrogen-bond acceptors (Lipinski definition) is 2. The van der Waals surface area contributed by atoms with Gasteiger partial charge < -0.3 is 10.5 Å². The van der Waals surface area contributed by atoms with Crippen LogP contribution in [0.4, 0.5) is 0 Å². The molecule has 0 fully saturated rings. The van der Waals surface area contributed by atoms with Crippen molar-refractivity contribution < 1.29 is 4.74 Å². The first-order valence-corrected chi connectivity index (χ1v) is 5.48. The Hall–Kier alpha value is -0.730. The van der Waals surface area contributed by atoms with Gasteiger partial charge in [-0.3, -0.25) is 0 Å². The Morgan fingerprint density at radius 2 is 2.00 bits per heavy atom. The summed E-state index contributed by atoms with van der Waals surface area (Å²) in [6, 6.07) is 7.59. The summed E-state index contributed by atoms with van der Waals surface area (Å²) in [7, 11) is 0. The quantitative estimate of drug-likeness (QED) is 0.857. The average molecular weight is 228 g/mol. The maximum atomic E-state index is 6.01. The van der Waals surface area contributed by atoms with Crippen LogP contribution in [-0.2, 0) is 0 Å². The van der Waals surface area contributed by atoms with E-state index in [9.17, 15) is 0 Å². The fraction of sp³-hybridized carbons (Fsp3) is 0.500. The second-order valence-corrected chi connectivity index (χ2v) is 4.88. The molecule has 0 bridgehead atoms. The van der Waals surface area contributed by atoms with Crippen molar-refractivity contribution in [3.05, 3.63) is 29.3 Å². The number of rotatable bonds is 4. The molecule has 0 aliphatic heterocycles. The monoisotopic (exact) mass is 227 g/mol. The van der Waals surface area contributed by atoms with Gasteiger partial charge in [0.15, 0.2) is 0 Å². The van der Waals surface area contributed by atoms with E-state index in [1.54, 1.807) is 0 Å². The topological polar surface area (TPSA) is 35.2 Å². The Bertz CT molecular complexity index is 323. The van der Waals surface area contributed by atoms with Crippen LogP contribution in [-0.4, -0.2) is 11.6 Å². The molecule has 3 heteroatoms. The lowest BCUT2D eigenvalue weighted by Gasteiger charge is -2.28. The Morgan fingerprint density at radius 3 is 2.53 bits per heavy atom. The first-order chi connectivity index (χ1) is 6.91. The molecule has 1 unspecified atom stereocenters. The summed E-state index contributed by atoms with van der Waals surface area (Å²) >= 11 is 6.01. The molecule has 0 heterocycles. The Kier molecular flexibility index (Phi) is 4.00. The molecule has 1 aromatic rings. The smallest absolute Gasteiger partial charge is 0.138 e. The van der Waals surface area contributed by atoms with E-state index in [2.05, 4.69) is 0 Å². The van der Waals surface area contributed by atoms with E-state index in [0.29, 0.717) is 10.8 Å². The molecule has 15 heavy (non-hydrogen) atoms. The van der Waals surface area contributed by atoms with Crippen molar-refractivity contribution in [3.63, 3.8) is 0 Å². The standard InChI is InChI=1S/C12H18ClNO/c1-9(14)8-12(2,3)15-11-7-5-4-6-10(11)13/h4-7,9H,8,14H2,1-3H3. The lowest BCUT2D eigenvalue weighted by molar-refractivity contribution is 0.0934. The summed E-state index contributed by atoms with van der Waals surface area (Å²) < 4.78 is 5.83. The molecule has 0 saturated carbocycles. The Balaban J connectivity index is 2.73. The Labute approximate surface area is 96.4 Å². The van der Waals surface area contributed by atoms with Crippen molar-refractivity contribution in [2.45, 2.75) is 38.8 Å². The first kappa shape index (κ1) is 12.3. The molecule has 0 aliphatic carbocycles. The van der Waals surface area contributed by atoms with Gasteiger partial charge in [0.25, 0.3) is 0 Å². The summed E-state index contributed by atoms with van der Waals surface area (Å²) in [6.45, 7) is 6.00. The van der Waals surface area contributed by atoms with Crippen LogP contribution in [0, 0.1) is 0 Å². The SMILES string of the molecule is CC(N)CC(C)(C)Oc1ccccc1Cl. The van der Waals surface area contributed by atoms with Crippen LogP contribution in [0.2, 0.25) is 5.02 Å². The highest BCUT2D eigenvalue weighted by Gasteiger charge is 2.22. The summed E-state index contributed by atoms with van der Waals surface area (Å²) in [4.78, 5) is 0. The number of hydrogen-bond donors (Lipinski definition) is 1. The summed E-state index contributed by atoms with van der Waals surface area (Å²) in [5.41, 5.74) is 5.46. The van der Waals surface area contributed by atoms with Gasteiger partial charge >= 0.3 is 0 Å². The molecule has 1 rings (SSSR count). The molecule has 0 spiro atoms. The minimum Gasteiger partial charge on any atom is -0.486 e. The molecule has 2 nitrogen and oxygen atoms in total. The second kappa shape index (κ2) is 4.86. The average Bonchev–Trinajstić information content (AvgIpc) is 2.06. The summed E-state index contributed by atoms with van der Waals surface area (Å²) in [6.07, 6.45) is 0.790. The van der Waals surface area contributed by atoms with Crippen LogP contribution in [0.3, 0.4) is 0 Å². The largest absolute Gasteiger partial charge is 0.486 e. The number of benzene rings is 1. The van der Waals surface area contributed by atoms with Crippen LogP contribution < -0.4 is 10.5 Å². The van der Waals surface area contributed by atoms with Crippen molar-refractivity contribution in [1.82, 2.24) is 0 Å². The fourth-order valence-electron chi connectivity index (χ4n) is 1.64. The molecule has 0 aliphatic rings. The van der Waals surface area contributed by atoms with Crippen LogP contribution in [0.25, 0.3) is 0 Å². The zero-order valence-corrected chi connectivity index (χ0v) is 10.2. The summed E-state index contributed by atoms with van der Waals surface area (Å²) in [5, 5.41) is 0.634. The second-order valence-electron chi connectivity index (χ2n) is 4.47. The number of halogens is 1. The molecular weight excluding hydrogens is 210 g/mol. The highest BCUT2D eigenvalue weighted by Crippen LogP contribution is 2.28. The third-order valence-corrected chi connectivity index (χ3v) is 2.35. The van der Waals surface area contributed by atoms with Gasteiger partial charge in [0.05, 0.1) is 5.02 Å². The van der Waals surface area contributed by atoms with E-state index in [0.717, 1.165) is 6.42 Å². The van der Waals surface area contributed by atoms with E-state index >= 15 is 0 Å². The molecule has 0 amide bonds. The van der Waals surface area contributed by atoms with Crippen LogP contribution >= 0.6 is 11.6 Å². The van der Waals surface area contributed by atoms with E-state index in [1.165, 1.54) is 0 Å². The molecule has 1 aromatic carbocycles. The molecule has 0 radical (unpaired) electrons. The maximum absolute atomic E-state index is 6.01. The number of ether oxygens (including phenoxy) is 1. The van der Waals surface area contributed by atoms with Gasteiger partial charge in [0.2, 0.25) is 0 Å². The molecular formula is C12H18ClNO. The van der Waals surface area contributed by atoms with Crippen LogP contribution in [0.1, 0.15) is 27.2 Å². The third-order valence-electron chi connectivity index (χ3n) is 2.04. The zero-order valence-electron chi connectivity index (χ0n) is 9.46.